The molecule has 0 amide bonds. The van der Waals surface area contributed by atoms with E-state index in [0.717, 1.165) is 12.8 Å². The van der Waals surface area contributed by atoms with E-state index in [-0.39, 0.29) is 10.6 Å². The Hall–Kier alpha value is -1.33. The quantitative estimate of drug-likeness (QED) is 0.624. The minimum atomic E-state index is -3.45. The van der Waals surface area contributed by atoms with Crippen molar-refractivity contribution in [2.24, 2.45) is 0 Å². The number of allylic oxidation sites excluding steroid dienone is 1. The van der Waals surface area contributed by atoms with Gasteiger partial charge in [-0.25, -0.2) is 12.7 Å². The highest BCUT2D eigenvalue weighted by Crippen LogP contribution is 2.17. The van der Waals surface area contributed by atoms with Gasteiger partial charge in [-0.1, -0.05) is 6.08 Å². The molecule has 4 nitrogen and oxygen atoms in total. The number of phenolic OH excluding ortho intramolecular Hbond substituents is 1. The minimum Gasteiger partial charge on any atom is -0.508 e. The predicted molar refractivity (Wildman–Crippen MR) is 67.4 cm³/mol. The second-order valence-electron chi connectivity index (χ2n) is 3.75. The monoisotopic (exact) mass is 255 g/mol. The van der Waals surface area contributed by atoms with Crippen LogP contribution in [0.4, 0.5) is 0 Å². The Balaban J connectivity index is 2.80. The minimum absolute atomic E-state index is 0.0539. The lowest BCUT2D eigenvalue weighted by molar-refractivity contribution is 0.461. The summed E-state index contributed by atoms with van der Waals surface area (Å²) in [4.78, 5) is 0.191. The summed E-state index contributed by atoms with van der Waals surface area (Å²) in [6.07, 6.45) is 3.30. The van der Waals surface area contributed by atoms with Gasteiger partial charge in [0.05, 0.1) is 4.90 Å². The van der Waals surface area contributed by atoms with Crippen molar-refractivity contribution in [3.8, 4) is 5.75 Å². The van der Waals surface area contributed by atoms with Crippen molar-refractivity contribution >= 4 is 10.0 Å². The van der Waals surface area contributed by atoms with Crippen molar-refractivity contribution in [1.82, 2.24) is 4.31 Å². The number of sulfonamides is 1. The largest absolute Gasteiger partial charge is 0.508 e. The van der Waals surface area contributed by atoms with Crippen LogP contribution >= 0.6 is 0 Å². The summed E-state index contributed by atoms with van der Waals surface area (Å²) in [5.41, 5.74) is 0. The molecule has 0 atom stereocenters. The van der Waals surface area contributed by atoms with Crippen molar-refractivity contribution in [2.75, 3.05) is 13.6 Å². The molecule has 1 aromatic carbocycles. The van der Waals surface area contributed by atoms with Gasteiger partial charge in [-0.2, -0.15) is 0 Å². The molecular weight excluding hydrogens is 238 g/mol. The topological polar surface area (TPSA) is 57.6 Å². The standard InChI is InChI=1S/C12H17NO3S/c1-3-4-5-10-13(2)17(15,16)12-8-6-11(14)7-9-12/h3,6-9,14H,1,4-5,10H2,2H3. The number of hydrogen-bond acceptors (Lipinski definition) is 3. The highest BCUT2D eigenvalue weighted by Gasteiger charge is 2.19. The number of benzene rings is 1. The summed E-state index contributed by atoms with van der Waals surface area (Å²) >= 11 is 0. The molecule has 0 aliphatic rings. The fourth-order valence-corrected chi connectivity index (χ4v) is 2.59. The Morgan fingerprint density at radius 2 is 1.94 bits per heavy atom. The third-order valence-electron chi connectivity index (χ3n) is 2.43. The molecule has 0 radical (unpaired) electrons. The molecule has 1 N–H and O–H groups in total. The zero-order valence-electron chi connectivity index (χ0n) is 9.83. The van der Waals surface area contributed by atoms with Crippen molar-refractivity contribution in [3.05, 3.63) is 36.9 Å². The van der Waals surface area contributed by atoms with Crippen LogP contribution in [0.3, 0.4) is 0 Å². The number of hydrogen-bond donors (Lipinski definition) is 1. The van der Waals surface area contributed by atoms with Gasteiger partial charge in [-0.05, 0) is 37.1 Å². The Morgan fingerprint density at radius 3 is 2.47 bits per heavy atom. The smallest absolute Gasteiger partial charge is 0.242 e. The van der Waals surface area contributed by atoms with Crippen molar-refractivity contribution in [2.45, 2.75) is 17.7 Å². The SMILES string of the molecule is C=CCCCN(C)S(=O)(=O)c1ccc(O)cc1. The van der Waals surface area contributed by atoms with Crippen LogP contribution in [0.25, 0.3) is 0 Å². The fourth-order valence-electron chi connectivity index (χ4n) is 1.38. The molecule has 0 saturated carbocycles. The van der Waals surface area contributed by atoms with Gasteiger partial charge in [0.25, 0.3) is 0 Å². The van der Waals surface area contributed by atoms with E-state index in [1.165, 1.54) is 28.6 Å². The highest BCUT2D eigenvalue weighted by molar-refractivity contribution is 7.89. The maximum Gasteiger partial charge on any atom is 0.242 e. The van der Waals surface area contributed by atoms with Gasteiger partial charge in [0.15, 0.2) is 0 Å². The van der Waals surface area contributed by atoms with Crippen LogP contribution in [0.15, 0.2) is 41.8 Å². The summed E-state index contributed by atoms with van der Waals surface area (Å²) in [5, 5.41) is 9.11. The molecule has 0 fully saturated rings. The van der Waals surface area contributed by atoms with Crippen LogP contribution in [0.2, 0.25) is 0 Å². The summed E-state index contributed by atoms with van der Waals surface area (Å²) in [5.74, 6) is 0.0539. The van der Waals surface area contributed by atoms with E-state index in [9.17, 15) is 8.42 Å². The van der Waals surface area contributed by atoms with E-state index >= 15 is 0 Å². The fraction of sp³-hybridized carbons (Fsp3) is 0.333. The Bertz CT molecular complexity index is 465. The van der Waals surface area contributed by atoms with E-state index in [0.29, 0.717) is 6.54 Å². The lowest BCUT2D eigenvalue weighted by Gasteiger charge is -2.16. The van der Waals surface area contributed by atoms with E-state index in [4.69, 9.17) is 5.11 Å². The zero-order valence-corrected chi connectivity index (χ0v) is 10.7. The van der Waals surface area contributed by atoms with E-state index in [1.807, 2.05) is 0 Å². The maximum absolute atomic E-state index is 12.1. The molecule has 0 unspecified atom stereocenters. The number of rotatable bonds is 6. The molecule has 0 spiro atoms. The van der Waals surface area contributed by atoms with Crippen LogP contribution < -0.4 is 0 Å². The van der Waals surface area contributed by atoms with Crippen molar-refractivity contribution in [3.63, 3.8) is 0 Å². The summed E-state index contributed by atoms with van der Waals surface area (Å²) in [6, 6.07) is 5.53. The first-order valence-corrected chi connectivity index (χ1v) is 6.79. The molecule has 0 aliphatic carbocycles. The van der Waals surface area contributed by atoms with Crippen molar-refractivity contribution in [1.29, 1.82) is 0 Å². The maximum atomic E-state index is 12.1. The summed E-state index contributed by atoms with van der Waals surface area (Å²) in [7, 11) is -1.90. The zero-order chi connectivity index (χ0) is 12.9. The number of unbranched alkanes of at least 4 members (excludes halogenated alkanes) is 1. The average Bonchev–Trinajstić information content (AvgIpc) is 2.29. The van der Waals surface area contributed by atoms with Gasteiger partial charge in [0.2, 0.25) is 10.0 Å². The molecular formula is C12H17NO3S. The normalized spacial score (nSPS) is 11.6. The number of phenols is 1. The van der Waals surface area contributed by atoms with Crippen LogP contribution in [0.5, 0.6) is 5.75 Å². The first kappa shape index (κ1) is 13.7. The van der Waals surface area contributed by atoms with Gasteiger partial charge in [0.1, 0.15) is 5.75 Å². The van der Waals surface area contributed by atoms with Crippen LogP contribution in [0.1, 0.15) is 12.8 Å². The third-order valence-corrected chi connectivity index (χ3v) is 4.30. The van der Waals surface area contributed by atoms with E-state index in [1.54, 1.807) is 13.1 Å². The first-order valence-electron chi connectivity index (χ1n) is 5.34. The predicted octanol–water partition coefficient (Wildman–Crippen LogP) is 1.98. The van der Waals surface area contributed by atoms with Crippen molar-refractivity contribution < 1.29 is 13.5 Å². The number of nitrogens with zero attached hydrogens (tertiary/aromatic N) is 1. The van der Waals surface area contributed by atoms with E-state index < -0.39 is 10.0 Å². The molecule has 94 valence electrons. The summed E-state index contributed by atoms with van der Waals surface area (Å²) < 4.78 is 25.4. The van der Waals surface area contributed by atoms with Crippen LogP contribution in [0, 0.1) is 0 Å². The van der Waals surface area contributed by atoms with Gasteiger partial charge < -0.3 is 5.11 Å². The van der Waals surface area contributed by atoms with Gasteiger partial charge >= 0.3 is 0 Å². The molecule has 0 heterocycles. The second-order valence-corrected chi connectivity index (χ2v) is 5.80. The second kappa shape index (κ2) is 5.84. The van der Waals surface area contributed by atoms with Gasteiger partial charge in [-0.15, -0.1) is 6.58 Å². The third kappa shape index (κ3) is 3.57. The Morgan fingerprint density at radius 1 is 1.35 bits per heavy atom. The van der Waals surface area contributed by atoms with Gasteiger partial charge in [0, 0.05) is 13.6 Å². The number of aromatic hydroxyl groups is 1. The molecule has 5 heteroatoms. The lowest BCUT2D eigenvalue weighted by Crippen LogP contribution is -2.27. The summed E-state index contributed by atoms with van der Waals surface area (Å²) in [6.45, 7) is 4.05. The molecule has 0 aliphatic heterocycles. The molecule has 1 aromatic rings. The Labute approximate surface area is 102 Å². The Kier molecular flexibility index (Phi) is 4.72. The molecule has 0 bridgehead atoms. The molecule has 0 saturated heterocycles. The van der Waals surface area contributed by atoms with Crippen LogP contribution in [-0.2, 0) is 10.0 Å². The van der Waals surface area contributed by atoms with Gasteiger partial charge in [-0.3, -0.25) is 0 Å². The van der Waals surface area contributed by atoms with E-state index in [2.05, 4.69) is 6.58 Å². The molecule has 17 heavy (non-hydrogen) atoms. The first-order chi connectivity index (χ1) is 7.98. The van der Waals surface area contributed by atoms with Crippen LogP contribution in [-0.4, -0.2) is 31.4 Å². The highest BCUT2D eigenvalue weighted by atomic mass is 32.2. The molecule has 1 rings (SSSR count). The molecule has 0 aromatic heterocycles. The average molecular weight is 255 g/mol. The lowest BCUT2D eigenvalue weighted by atomic mass is 10.3.